The average Bonchev–Trinajstić information content (AvgIpc) is 3.19. The van der Waals surface area contributed by atoms with Crippen molar-refractivity contribution in [1.29, 1.82) is 0 Å². The van der Waals surface area contributed by atoms with Crippen LogP contribution < -0.4 is 10.2 Å². The van der Waals surface area contributed by atoms with Gasteiger partial charge in [0, 0.05) is 37.3 Å². The molecule has 0 saturated carbocycles. The van der Waals surface area contributed by atoms with Crippen LogP contribution in [0.1, 0.15) is 23.6 Å². The number of anilines is 3. The number of rotatable bonds is 5. The van der Waals surface area contributed by atoms with Gasteiger partial charge in [-0.05, 0) is 66.9 Å². The number of aryl methyl sites for hydroxylation is 2. The molecule has 0 atom stereocenters. The van der Waals surface area contributed by atoms with E-state index in [4.69, 9.17) is 0 Å². The van der Waals surface area contributed by atoms with Crippen LogP contribution in [0.5, 0.6) is 0 Å². The van der Waals surface area contributed by atoms with E-state index in [0.717, 1.165) is 22.2 Å². The minimum atomic E-state index is -0.318. The predicted molar refractivity (Wildman–Crippen MR) is 120 cm³/mol. The molecule has 0 bridgehead atoms. The van der Waals surface area contributed by atoms with Gasteiger partial charge in [0.25, 0.3) is 0 Å². The number of pyridine rings is 2. The highest BCUT2D eigenvalue weighted by Crippen LogP contribution is 2.27. The lowest BCUT2D eigenvalue weighted by molar-refractivity contribution is -0.116. The van der Waals surface area contributed by atoms with E-state index in [9.17, 15) is 14.0 Å². The molecule has 0 aliphatic rings. The Hall–Kier alpha value is -4.07. The average molecular weight is 431 g/mol. The van der Waals surface area contributed by atoms with E-state index in [1.807, 2.05) is 12.1 Å². The first-order chi connectivity index (χ1) is 15.3. The minimum Gasteiger partial charge on any atom is -0.326 e. The van der Waals surface area contributed by atoms with E-state index in [1.54, 1.807) is 49.0 Å². The highest BCUT2D eigenvalue weighted by atomic mass is 19.1. The van der Waals surface area contributed by atoms with Crippen molar-refractivity contribution in [2.45, 2.75) is 27.2 Å². The Balaban J connectivity index is 1.58. The normalized spacial score (nSPS) is 10.9. The molecule has 0 unspecified atom stereocenters. The second-order valence-corrected chi connectivity index (χ2v) is 7.59. The molecule has 0 radical (unpaired) electrons. The van der Waals surface area contributed by atoms with Crippen molar-refractivity contribution in [2.75, 3.05) is 10.2 Å². The molecule has 4 rings (SSSR count). The van der Waals surface area contributed by atoms with Crippen LogP contribution in [0.3, 0.4) is 0 Å². The molecule has 1 N–H and O–H groups in total. The minimum absolute atomic E-state index is 0.115. The maximum absolute atomic E-state index is 13.5. The van der Waals surface area contributed by atoms with Gasteiger partial charge in [0.2, 0.25) is 11.8 Å². The fourth-order valence-electron chi connectivity index (χ4n) is 3.73. The quantitative estimate of drug-likeness (QED) is 0.510. The van der Waals surface area contributed by atoms with Crippen molar-refractivity contribution >= 4 is 34.5 Å². The number of carbonyl (C=O) groups is 2. The molecule has 0 aliphatic heterocycles. The van der Waals surface area contributed by atoms with Gasteiger partial charge in [-0.2, -0.15) is 5.10 Å². The molecule has 0 saturated heterocycles. The topological polar surface area (TPSA) is 79.6 Å². The van der Waals surface area contributed by atoms with Crippen LogP contribution in [0.25, 0.3) is 5.52 Å². The van der Waals surface area contributed by atoms with Gasteiger partial charge < -0.3 is 5.32 Å². The molecule has 162 valence electrons. The molecule has 2 amide bonds. The van der Waals surface area contributed by atoms with Gasteiger partial charge in [0.15, 0.2) is 0 Å². The molecule has 0 aliphatic carbocycles. The number of hydrogen-bond acceptors (Lipinski definition) is 4. The Bertz CT molecular complexity index is 1310. The summed E-state index contributed by atoms with van der Waals surface area (Å²) in [4.78, 5) is 30.9. The molecule has 32 heavy (non-hydrogen) atoms. The summed E-state index contributed by atoms with van der Waals surface area (Å²) in [6.07, 6.45) is 5.09. The summed E-state index contributed by atoms with van der Waals surface area (Å²) in [6.45, 7) is 5.02. The van der Waals surface area contributed by atoms with Gasteiger partial charge in [0.05, 0.1) is 17.6 Å². The smallest absolute Gasteiger partial charge is 0.229 e. The molecular weight excluding hydrogens is 409 g/mol. The Kier molecular flexibility index (Phi) is 5.68. The van der Waals surface area contributed by atoms with Crippen LogP contribution in [0.15, 0.2) is 61.1 Å². The first-order valence-corrected chi connectivity index (χ1v) is 10.1. The van der Waals surface area contributed by atoms with Crippen molar-refractivity contribution in [2.24, 2.45) is 0 Å². The van der Waals surface area contributed by atoms with Crippen LogP contribution in [-0.4, -0.2) is 26.4 Å². The predicted octanol–water partition coefficient (Wildman–Crippen LogP) is 4.35. The first-order valence-electron chi connectivity index (χ1n) is 10.1. The highest BCUT2D eigenvalue weighted by molar-refractivity contribution is 5.99. The third kappa shape index (κ3) is 4.34. The van der Waals surface area contributed by atoms with Crippen molar-refractivity contribution in [3.63, 3.8) is 0 Å². The molecule has 4 aromatic rings. The Morgan fingerprint density at radius 3 is 2.53 bits per heavy atom. The molecule has 3 heterocycles. The second kappa shape index (κ2) is 8.58. The largest absolute Gasteiger partial charge is 0.326 e. The van der Waals surface area contributed by atoms with Gasteiger partial charge in [0.1, 0.15) is 11.6 Å². The SMILES string of the molecule is CC(=O)N(c1ccn2nccc2c1)c1cc(NC(=O)Cc2c(C)cc(F)cc2C)ccn1. The summed E-state index contributed by atoms with van der Waals surface area (Å²) in [5.74, 6) is -0.396. The number of carbonyl (C=O) groups excluding carboxylic acids is 2. The summed E-state index contributed by atoms with van der Waals surface area (Å²) in [6, 6.07) is 11.6. The third-order valence-electron chi connectivity index (χ3n) is 5.21. The van der Waals surface area contributed by atoms with Crippen LogP contribution >= 0.6 is 0 Å². The standard InChI is InChI=1S/C24H22FN5O2/c1-15-10-18(25)11-16(2)22(15)14-24(32)28-19-4-7-26-23(12-19)30(17(3)31)21-6-9-29-20(13-21)5-8-27-29/h4-13H,14H2,1-3H3,(H,26,28,32). The molecule has 8 heteroatoms. The molecular formula is C24H22FN5O2. The zero-order valence-electron chi connectivity index (χ0n) is 18.0. The van der Waals surface area contributed by atoms with Gasteiger partial charge in [-0.25, -0.2) is 13.9 Å². The fourth-order valence-corrected chi connectivity index (χ4v) is 3.73. The maximum atomic E-state index is 13.5. The molecule has 3 aromatic heterocycles. The van der Waals surface area contributed by atoms with Gasteiger partial charge >= 0.3 is 0 Å². The van der Waals surface area contributed by atoms with E-state index in [2.05, 4.69) is 15.4 Å². The number of nitrogens with zero attached hydrogens (tertiary/aromatic N) is 4. The Labute approximate surface area is 184 Å². The van der Waals surface area contributed by atoms with Gasteiger partial charge in [-0.1, -0.05) is 0 Å². The molecule has 0 spiro atoms. The van der Waals surface area contributed by atoms with E-state index in [0.29, 0.717) is 17.2 Å². The van der Waals surface area contributed by atoms with Crippen molar-refractivity contribution in [3.8, 4) is 0 Å². The van der Waals surface area contributed by atoms with E-state index in [1.165, 1.54) is 30.2 Å². The summed E-state index contributed by atoms with van der Waals surface area (Å²) < 4.78 is 15.2. The number of hydrogen-bond donors (Lipinski definition) is 1. The van der Waals surface area contributed by atoms with Crippen LogP contribution in [0, 0.1) is 19.7 Å². The molecule has 1 aromatic carbocycles. The number of nitrogens with one attached hydrogen (secondary N) is 1. The zero-order valence-corrected chi connectivity index (χ0v) is 18.0. The number of halogens is 1. The molecule has 0 fully saturated rings. The summed E-state index contributed by atoms with van der Waals surface area (Å²) in [5.41, 5.74) is 4.23. The number of fused-ring (bicyclic) bond motifs is 1. The van der Waals surface area contributed by atoms with E-state index >= 15 is 0 Å². The van der Waals surface area contributed by atoms with E-state index < -0.39 is 0 Å². The Morgan fingerprint density at radius 1 is 1.06 bits per heavy atom. The van der Waals surface area contributed by atoms with Gasteiger partial charge in [-0.15, -0.1) is 0 Å². The summed E-state index contributed by atoms with van der Waals surface area (Å²) in [7, 11) is 0. The van der Waals surface area contributed by atoms with Crippen molar-refractivity contribution in [3.05, 3.63) is 83.6 Å². The monoisotopic (exact) mass is 431 g/mol. The highest BCUT2D eigenvalue weighted by Gasteiger charge is 2.17. The lowest BCUT2D eigenvalue weighted by atomic mass is 9.99. The first kappa shape index (κ1) is 21.2. The van der Waals surface area contributed by atoms with Crippen LogP contribution in [0.2, 0.25) is 0 Å². The van der Waals surface area contributed by atoms with Gasteiger partial charge in [-0.3, -0.25) is 14.5 Å². The zero-order chi connectivity index (χ0) is 22.8. The van der Waals surface area contributed by atoms with Crippen molar-refractivity contribution in [1.82, 2.24) is 14.6 Å². The maximum Gasteiger partial charge on any atom is 0.229 e. The number of amides is 2. The van der Waals surface area contributed by atoms with Crippen LogP contribution in [-0.2, 0) is 16.0 Å². The summed E-state index contributed by atoms with van der Waals surface area (Å²) >= 11 is 0. The van der Waals surface area contributed by atoms with Crippen molar-refractivity contribution < 1.29 is 14.0 Å². The van der Waals surface area contributed by atoms with Crippen LogP contribution in [0.4, 0.5) is 21.6 Å². The van der Waals surface area contributed by atoms with E-state index in [-0.39, 0.29) is 24.1 Å². The lowest BCUT2D eigenvalue weighted by Gasteiger charge is -2.21. The Morgan fingerprint density at radius 2 is 1.81 bits per heavy atom. The fraction of sp³-hybridized carbons (Fsp3) is 0.167. The number of benzene rings is 1. The lowest BCUT2D eigenvalue weighted by Crippen LogP contribution is -2.24. The second-order valence-electron chi connectivity index (χ2n) is 7.59. The third-order valence-corrected chi connectivity index (χ3v) is 5.21. The summed E-state index contributed by atoms with van der Waals surface area (Å²) in [5, 5.41) is 7.01. The molecule has 7 nitrogen and oxygen atoms in total. The number of aromatic nitrogens is 3.